The Bertz CT molecular complexity index is 626. The molecule has 1 heterocycles. The molecule has 21 heavy (non-hydrogen) atoms. The number of hydrogen-bond acceptors (Lipinski definition) is 2. The fourth-order valence-corrected chi connectivity index (χ4v) is 2.60. The summed E-state index contributed by atoms with van der Waals surface area (Å²) in [6.45, 7) is 6.09. The molecule has 5 heteroatoms. The Morgan fingerprint density at radius 3 is 2.62 bits per heavy atom. The van der Waals surface area contributed by atoms with Crippen molar-refractivity contribution < 1.29 is 9.50 Å². The number of aryl methyl sites for hydroxylation is 1. The van der Waals surface area contributed by atoms with Gasteiger partial charge < -0.3 is 5.11 Å². The van der Waals surface area contributed by atoms with E-state index in [1.54, 1.807) is 23.0 Å². The zero-order valence-corrected chi connectivity index (χ0v) is 13.4. The van der Waals surface area contributed by atoms with E-state index >= 15 is 0 Å². The van der Waals surface area contributed by atoms with Gasteiger partial charge >= 0.3 is 0 Å². The second-order valence-electron chi connectivity index (χ2n) is 6.28. The Kier molecular flexibility index (Phi) is 4.40. The number of hydrogen-bond donors (Lipinski definition) is 1. The molecule has 1 aromatic carbocycles. The van der Waals surface area contributed by atoms with Gasteiger partial charge in [-0.05, 0) is 12.1 Å². The van der Waals surface area contributed by atoms with Gasteiger partial charge in [0.2, 0.25) is 0 Å². The molecule has 0 aliphatic carbocycles. The molecule has 0 radical (unpaired) electrons. The van der Waals surface area contributed by atoms with Gasteiger partial charge in [-0.15, -0.1) is 0 Å². The lowest BCUT2D eigenvalue weighted by molar-refractivity contribution is 0.174. The standard InChI is InChI=1S/C16H20ClFN2O/c1-16(2,3)15-11(9-20(4)19-15)14(21)8-10-12(17)6-5-7-13(10)18/h5-7,9,14,21H,8H2,1-4H3. The third kappa shape index (κ3) is 3.44. The third-order valence-electron chi connectivity index (χ3n) is 3.39. The molecular weight excluding hydrogens is 291 g/mol. The lowest BCUT2D eigenvalue weighted by Gasteiger charge is -2.20. The molecule has 0 aliphatic rings. The maximum Gasteiger partial charge on any atom is 0.127 e. The Morgan fingerprint density at radius 1 is 1.38 bits per heavy atom. The summed E-state index contributed by atoms with van der Waals surface area (Å²) in [4.78, 5) is 0. The summed E-state index contributed by atoms with van der Waals surface area (Å²) >= 11 is 6.02. The van der Waals surface area contributed by atoms with E-state index in [0.717, 1.165) is 5.69 Å². The Hall–Kier alpha value is -1.39. The van der Waals surface area contributed by atoms with Crippen molar-refractivity contribution in [3.8, 4) is 0 Å². The number of rotatable bonds is 3. The molecular formula is C16H20ClFN2O. The Labute approximate surface area is 129 Å². The predicted octanol–water partition coefficient (Wildman–Crippen LogP) is 3.79. The summed E-state index contributed by atoms with van der Waals surface area (Å²) in [6, 6.07) is 4.53. The highest BCUT2D eigenvalue weighted by atomic mass is 35.5. The first-order chi connectivity index (χ1) is 9.70. The maximum atomic E-state index is 13.8. The number of aliphatic hydroxyl groups excluding tert-OH is 1. The van der Waals surface area contributed by atoms with Crippen molar-refractivity contribution >= 4 is 11.6 Å². The summed E-state index contributed by atoms with van der Waals surface area (Å²) in [5.74, 6) is -0.400. The minimum atomic E-state index is -0.845. The zero-order valence-electron chi connectivity index (χ0n) is 12.7. The van der Waals surface area contributed by atoms with Gasteiger partial charge in [0, 0.05) is 41.2 Å². The molecule has 0 bridgehead atoms. The van der Waals surface area contributed by atoms with Crippen molar-refractivity contribution in [3.63, 3.8) is 0 Å². The molecule has 0 spiro atoms. The van der Waals surface area contributed by atoms with Crippen LogP contribution in [0.4, 0.5) is 4.39 Å². The largest absolute Gasteiger partial charge is 0.388 e. The predicted molar refractivity (Wildman–Crippen MR) is 82.0 cm³/mol. The van der Waals surface area contributed by atoms with Crippen molar-refractivity contribution in [3.05, 3.63) is 52.1 Å². The van der Waals surface area contributed by atoms with Crippen LogP contribution in [-0.2, 0) is 18.9 Å². The van der Waals surface area contributed by atoms with Gasteiger partial charge in [-0.1, -0.05) is 38.4 Å². The van der Waals surface area contributed by atoms with Gasteiger partial charge in [0.1, 0.15) is 5.82 Å². The van der Waals surface area contributed by atoms with E-state index in [-0.39, 0.29) is 11.8 Å². The fourth-order valence-electron chi connectivity index (χ4n) is 2.36. The van der Waals surface area contributed by atoms with Crippen LogP contribution in [0, 0.1) is 5.82 Å². The molecule has 114 valence electrons. The molecule has 1 atom stereocenters. The number of benzene rings is 1. The Morgan fingerprint density at radius 2 is 2.05 bits per heavy atom. The van der Waals surface area contributed by atoms with E-state index in [4.69, 9.17) is 11.6 Å². The summed E-state index contributed by atoms with van der Waals surface area (Å²) < 4.78 is 15.5. The highest BCUT2D eigenvalue weighted by Crippen LogP contribution is 2.31. The minimum Gasteiger partial charge on any atom is -0.388 e. The van der Waals surface area contributed by atoms with Gasteiger partial charge in [-0.25, -0.2) is 4.39 Å². The van der Waals surface area contributed by atoms with Crippen LogP contribution in [0.25, 0.3) is 0 Å². The number of nitrogens with zero attached hydrogens (tertiary/aromatic N) is 2. The normalized spacial score (nSPS) is 13.5. The smallest absolute Gasteiger partial charge is 0.127 e. The molecule has 2 rings (SSSR count). The zero-order chi connectivity index (χ0) is 15.8. The SMILES string of the molecule is Cn1cc(C(O)Cc2c(F)cccc2Cl)c(C(C)(C)C)n1. The molecule has 0 fully saturated rings. The van der Waals surface area contributed by atoms with E-state index in [0.29, 0.717) is 16.1 Å². The van der Waals surface area contributed by atoms with Gasteiger partial charge in [0.15, 0.2) is 0 Å². The van der Waals surface area contributed by atoms with Crippen LogP contribution in [0.3, 0.4) is 0 Å². The molecule has 0 saturated carbocycles. The monoisotopic (exact) mass is 310 g/mol. The van der Waals surface area contributed by atoms with E-state index < -0.39 is 11.9 Å². The van der Waals surface area contributed by atoms with E-state index in [2.05, 4.69) is 5.10 Å². The summed E-state index contributed by atoms with van der Waals surface area (Å²) in [5.41, 5.74) is 1.65. The highest BCUT2D eigenvalue weighted by Gasteiger charge is 2.26. The van der Waals surface area contributed by atoms with Crippen molar-refractivity contribution in [2.75, 3.05) is 0 Å². The second kappa shape index (κ2) is 5.78. The van der Waals surface area contributed by atoms with Gasteiger partial charge in [0.25, 0.3) is 0 Å². The lowest BCUT2D eigenvalue weighted by atomic mass is 9.87. The van der Waals surface area contributed by atoms with Crippen LogP contribution < -0.4 is 0 Å². The highest BCUT2D eigenvalue weighted by molar-refractivity contribution is 6.31. The van der Waals surface area contributed by atoms with Crippen molar-refractivity contribution in [1.82, 2.24) is 9.78 Å². The number of halogens is 2. The topological polar surface area (TPSA) is 38.0 Å². The van der Waals surface area contributed by atoms with Gasteiger partial charge in [-0.2, -0.15) is 5.10 Å². The second-order valence-corrected chi connectivity index (χ2v) is 6.68. The summed E-state index contributed by atoms with van der Waals surface area (Å²) in [5, 5.41) is 15.3. The van der Waals surface area contributed by atoms with Crippen LogP contribution in [0.2, 0.25) is 5.02 Å². The first-order valence-electron chi connectivity index (χ1n) is 6.85. The molecule has 0 saturated heterocycles. The summed E-state index contributed by atoms with van der Waals surface area (Å²) in [7, 11) is 1.81. The van der Waals surface area contributed by atoms with Crippen molar-refractivity contribution in [1.29, 1.82) is 0 Å². The first-order valence-corrected chi connectivity index (χ1v) is 7.23. The average molecular weight is 311 g/mol. The van der Waals surface area contributed by atoms with Crippen molar-refractivity contribution in [2.24, 2.45) is 7.05 Å². The Balaban J connectivity index is 2.35. The molecule has 1 unspecified atom stereocenters. The molecule has 3 nitrogen and oxygen atoms in total. The molecule has 2 aromatic rings. The fraction of sp³-hybridized carbons (Fsp3) is 0.438. The molecule has 1 N–H and O–H groups in total. The lowest BCUT2D eigenvalue weighted by Crippen LogP contribution is -2.17. The molecule has 1 aromatic heterocycles. The quantitative estimate of drug-likeness (QED) is 0.936. The van der Waals surface area contributed by atoms with Crippen LogP contribution in [0.5, 0.6) is 0 Å². The van der Waals surface area contributed by atoms with E-state index in [1.165, 1.54) is 6.07 Å². The molecule has 0 amide bonds. The average Bonchev–Trinajstić information content (AvgIpc) is 2.76. The maximum absolute atomic E-state index is 13.8. The number of aromatic nitrogens is 2. The van der Waals surface area contributed by atoms with Gasteiger partial charge in [0.05, 0.1) is 11.8 Å². The summed E-state index contributed by atoms with van der Waals surface area (Å²) in [6.07, 6.45) is 1.06. The molecule has 0 aliphatic heterocycles. The van der Waals surface area contributed by atoms with Gasteiger partial charge in [-0.3, -0.25) is 4.68 Å². The van der Waals surface area contributed by atoms with Crippen LogP contribution in [0.15, 0.2) is 24.4 Å². The van der Waals surface area contributed by atoms with E-state index in [9.17, 15) is 9.50 Å². The van der Waals surface area contributed by atoms with Crippen LogP contribution >= 0.6 is 11.6 Å². The minimum absolute atomic E-state index is 0.125. The first kappa shape index (κ1) is 16.0. The van der Waals surface area contributed by atoms with Crippen molar-refractivity contribution in [2.45, 2.75) is 38.7 Å². The van der Waals surface area contributed by atoms with Crippen LogP contribution in [0.1, 0.15) is 43.7 Å². The number of aliphatic hydroxyl groups is 1. The van der Waals surface area contributed by atoms with Crippen LogP contribution in [-0.4, -0.2) is 14.9 Å². The third-order valence-corrected chi connectivity index (χ3v) is 3.74. The van der Waals surface area contributed by atoms with E-state index in [1.807, 2.05) is 27.8 Å².